The van der Waals surface area contributed by atoms with Gasteiger partial charge in [-0.15, -0.1) is 0 Å². The first-order valence-corrected chi connectivity index (χ1v) is 9.47. The van der Waals surface area contributed by atoms with E-state index < -0.39 is 17.5 Å². The molecular weight excluding hydrogens is 401 g/mol. The summed E-state index contributed by atoms with van der Waals surface area (Å²) in [5.41, 5.74) is -0.355. The molecule has 2 atom stereocenters. The molecule has 0 aliphatic carbocycles. The van der Waals surface area contributed by atoms with Crippen molar-refractivity contribution < 1.29 is 27.4 Å². The van der Waals surface area contributed by atoms with Gasteiger partial charge in [0.25, 0.3) is 0 Å². The summed E-state index contributed by atoms with van der Waals surface area (Å²) in [6, 6.07) is 8.12. The van der Waals surface area contributed by atoms with Crippen molar-refractivity contribution in [2.45, 2.75) is 30.8 Å². The van der Waals surface area contributed by atoms with Gasteiger partial charge in [-0.3, -0.25) is 0 Å². The number of nitrogens with one attached hydrogen (secondary N) is 2. The fourth-order valence-corrected chi connectivity index (χ4v) is 3.79. The highest BCUT2D eigenvalue weighted by Gasteiger charge is 2.42. The maximum atomic E-state index is 13.2. The number of benzene rings is 1. The van der Waals surface area contributed by atoms with Gasteiger partial charge >= 0.3 is 6.18 Å². The van der Waals surface area contributed by atoms with Crippen LogP contribution in [0.4, 0.5) is 19.0 Å². The van der Waals surface area contributed by atoms with Crippen LogP contribution in [0, 0.1) is 0 Å². The first-order valence-electron chi connectivity index (χ1n) is 9.47. The van der Waals surface area contributed by atoms with E-state index in [-0.39, 0.29) is 29.0 Å². The Balaban J connectivity index is 1.52. The number of hydrogen-bond acceptors (Lipinski definition) is 6. The summed E-state index contributed by atoms with van der Waals surface area (Å²) in [6.45, 7) is 3.20. The minimum absolute atomic E-state index is 0.108. The normalized spacial score (nSPS) is 22.8. The number of H-pyrrole nitrogens is 1. The second-order valence-electron chi connectivity index (χ2n) is 7.74. The highest BCUT2D eigenvalue weighted by molar-refractivity contribution is 5.88. The SMILES string of the molecule is CC1(O[C@H]2COc3ccccc3[C@@H]2Nc2ncnc3[nH]c(C(F)(F)F)cc23)COC1. The van der Waals surface area contributed by atoms with Crippen LogP contribution in [0.3, 0.4) is 0 Å². The first-order chi connectivity index (χ1) is 14.3. The Bertz CT molecular complexity index is 1080. The lowest BCUT2D eigenvalue weighted by molar-refractivity contribution is -0.229. The number of rotatable bonds is 4. The number of anilines is 1. The van der Waals surface area contributed by atoms with Crippen LogP contribution in [-0.2, 0) is 15.7 Å². The minimum Gasteiger partial charge on any atom is -0.490 e. The van der Waals surface area contributed by atoms with E-state index in [4.69, 9.17) is 14.2 Å². The number of para-hydroxylation sites is 1. The van der Waals surface area contributed by atoms with Gasteiger partial charge in [0.05, 0.1) is 24.6 Å². The van der Waals surface area contributed by atoms with Crippen molar-refractivity contribution in [1.82, 2.24) is 15.0 Å². The predicted molar refractivity (Wildman–Crippen MR) is 101 cm³/mol. The predicted octanol–water partition coefficient (Wildman–Crippen LogP) is 3.70. The smallest absolute Gasteiger partial charge is 0.431 e. The summed E-state index contributed by atoms with van der Waals surface area (Å²) in [6.07, 6.45) is -3.67. The third kappa shape index (κ3) is 3.35. The number of fused-ring (bicyclic) bond motifs is 2. The number of ether oxygens (including phenoxy) is 3. The molecule has 1 fully saturated rings. The molecule has 30 heavy (non-hydrogen) atoms. The molecule has 3 aromatic rings. The van der Waals surface area contributed by atoms with Gasteiger partial charge in [0.15, 0.2) is 0 Å². The Morgan fingerprint density at radius 3 is 2.77 bits per heavy atom. The van der Waals surface area contributed by atoms with E-state index >= 15 is 0 Å². The molecular formula is C20H19F3N4O3. The van der Waals surface area contributed by atoms with Crippen LogP contribution in [0.25, 0.3) is 11.0 Å². The molecule has 5 rings (SSSR count). The number of hydrogen-bond donors (Lipinski definition) is 2. The van der Waals surface area contributed by atoms with Crippen molar-refractivity contribution >= 4 is 16.9 Å². The first kappa shape index (κ1) is 19.1. The highest BCUT2D eigenvalue weighted by Crippen LogP contribution is 2.39. The molecule has 4 heterocycles. The average Bonchev–Trinajstić information content (AvgIpc) is 3.14. The number of nitrogens with zero attached hydrogens (tertiary/aromatic N) is 2. The molecule has 2 N–H and O–H groups in total. The van der Waals surface area contributed by atoms with E-state index in [1.54, 1.807) is 0 Å². The lowest BCUT2D eigenvalue weighted by Crippen LogP contribution is -2.54. The van der Waals surface area contributed by atoms with Crippen molar-refractivity contribution in [3.05, 3.63) is 47.9 Å². The van der Waals surface area contributed by atoms with Gasteiger partial charge in [0.2, 0.25) is 0 Å². The molecule has 1 saturated heterocycles. The summed E-state index contributed by atoms with van der Waals surface area (Å²) in [5, 5.41) is 3.54. The summed E-state index contributed by atoms with van der Waals surface area (Å²) >= 11 is 0. The van der Waals surface area contributed by atoms with Crippen molar-refractivity contribution in [3.8, 4) is 5.75 Å². The zero-order valence-corrected chi connectivity index (χ0v) is 16.0. The van der Waals surface area contributed by atoms with E-state index in [1.165, 1.54) is 6.33 Å². The largest absolute Gasteiger partial charge is 0.490 e. The van der Waals surface area contributed by atoms with Crippen LogP contribution in [0.5, 0.6) is 5.75 Å². The zero-order valence-electron chi connectivity index (χ0n) is 16.0. The van der Waals surface area contributed by atoms with E-state index in [9.17, 15) is 13.2 Å². The third-order valence-electron chi connectivity index (χ3n) is 5.30. The van der Waals surface area contributed by atoms with Gasteiger partial charge in [-0.05, 0) is 19.1 Å². The standard InChI is InChI=1S/C20H19F3N4O3/c1-19(8-28-9-19)30-14-7-29-13-5-3-2-4-11(13)16(14)27-18-12-6-15(20(21,22)23)26-17(12)24-10-25-18/h2-6,10,14,16H,7-9H2,1H3,(H2,24,25,26,27)/t14-,16-/m0/s1. The zero-order chi connectivity index (χ0) is 20.9. The molecule has 0 unspecified atom stereocenters. The van der Waals surface area contributed by atoms with Crippen LogP contribution >= 0.6 is 0 Å². The number of aromatic nitrogens is 3. The molecule has 0 saturated carbocycles. The second-order valence-corrected chi connectivity index (χ2v) is 7.74. The van der Waals surface area contributed by atoms with Crippen molar-refractivity contribution in [1.29, 1.82) is 0 Å². The topological polar surface area (TPSA) is 81.3 Å². The lowest BCUT2D eigenvalue weighted by Gasteiger charge is -2.44. The molecule has 2 aliphatic rings. The number of alkyl halides is 3. The average molecular weight is 420 g/mol. The molecule has 0 spiro atoms. The summed E-state index contributed by atoms with van der Waals surface area (Å²) < 4.78 is 56.9. The Kier molecular flexibility index (Phi) is 4.37. The Morgan fingerprint density at radius 2 is 2.03 bits per heavy atom. The van der Waals surface area contributed by atoms with Crippen LogP contribution in [0.1, 0.15) is 24.2 Å². The minimum atomic E-state index is -4.51. The summed E-state index contributed by atoms with van der Waals surface area (Å²) in [5.74, 6) is 0.984. The molecule has 0 radical (unpaired) electrons. The van der Waals surface area contributed by atoms with E-state index in [1.807, 2.05) is 31.2 Å². The second kappa shape index (κ2) is 6.85. The molecule has 2 aromatic heterocycles. The molecule has 7 nitrogen and oxygen atoms in total. The van der Waals surface area contributed by atoms with E-state index in [0.29, 0.717) is 25.6 Å². The molecule has 0 bridgehead atoms. The van der Waals surface area contributed by atoms with Crippen molar-refractivity contribution in [3.63, 3.8) is 0 Å². The van der Waals surface area contributed by atoms with E-state index in [2.05, 4.69) is 20.3 Å². The molecule has 10 heteroatoms. The Morgan fingerprint density at radius 1 is 1.23 bits per heavy atom. The number of halogens is 3. The fourth-order valence-electron chi connectivity index (χ4n) is 3.79. The maximum absolute atomic E-state index is 13.2. The Hall–Kier alpha value is -2.85. The quantitative estimate of drug-likeness (QED) is 0.670. The summed E-state index contributed by atoms with van der Waals surface area (Å²) in [4.78, 5) is 10.5. The molecule has 1 aromatic carbocycles. The van der Waals surface area contributed by atoms with Gasteiger partial charge in [0.1, 0.15) is 47.5 Å². The van der Waals surface area contributed by atoms with Gasteiger partial charge in [-0.1, -0.05) is 18.2 Å². The highest BCUT2D eigenvalue weighted by atomic mass is 19.4. The van der Waals surface area contributed by atoms with Crippen LogP contribution in [0.15, 0.2) is 36.7 Å². The van der Waals surface area contributed by atoms with Gasteiger partial charge in [0, 0.05) is 5.56 Å². The Labute approximate surface area is 169 Å². The molecule has 0 amide bonds. The van der Waals surface area contributed by atoms with Crippen molar-refractivity contribution in [2.75, 3.05) is 25.1 Å². The monoisotopic (exact) mass is 420 g/mol. The summed E-state index contributed by atoms with van der Waals surface area (Å²) in [7, 11) is 0. The third-order valence-corrected chi connectivity index (χ3v) is 5.30. The van der Waals surface area contributed by atoms with Crippen LogP contribution in [0.2, 0.25) is 0 Å². The van der Waals surface area contributed by atoms with Gasteiger partial charge in [-0.2, -0.15) is 13.2 Å². The van der Waals surface area contributed by atoms with Crippen LogP contribution in [-0.4, -0.2) is 46.5 Å². The number of aromatic amines is 1. The van der Waals surface area contributed by atoms with Crippen LogP contribution < -0.4 is 10.1 Å². The lowest BCUT2D eigenvalue weighted by atomic mass is 9.96. The van der Waals surface area contributed by atoms with Gasteiger partial charge < -0.3 is 24.5 Å². The van der Waals surface area contributed by atoms with E-state index in [0.717, 1.165) is 11.6 Å². The fraction of sp³-hybridized carbons (Fsp3) is 0.400. The molecule has 2 aliphatic heterocycles. The maximum Gasteiger partial charge on any atom is 0.431 e. The van der Waals surface area contributed by atoms with Crippen molar-refractivity contribution in [2.24, 2.45) is 0 Å². The molecule has 158 valence electrons. The van der Waals surface area contributed by atoms with Gasteiger partial charge in [-0.25, -0.2) is 9.97 Å².